The second-order valence-electron chi connectivity index (χ2n) is 7.60. The van der Waals surface area contributed by atoms with E-state index in [0.29, 0.717) is 25.4 Å². The smallest absolute Gasteiger partial charge is 0.246 e. The molecule has 2 aromatic carbocycles. The Labute approximate surface area is 211 Å². The lowest BCUT2D eigenvalue weighted by atomic mass is 10.2. The van der Waals surface area contributed by atoms with Crippen molar-refractivity contribution in [2.75, 3.05) is 46.2 Å². The number of carbonyl (C=O) groups is 2. The molecule has 0 bridgehead atoms. The van der Waals surface area contributed by atoms with E-state index in [4.69, 9.17) is 15.2 Å². The molecule has 0 aromatic heterocycles. The van der Waals surface area contributed by atoms with Crippen LogP contribution in [0, 0.1) is 0 Å². The minimum atomic E-state index is -0.357. The van der Waals surface area contributed by atoms with Gasteiger partial charge in [-0.1, -0.05) is 24.3 Å². The molecule has 186 valence electrons. The molecule has 0 atom stereocenters. The molecule has 7 nitrogen and oxygen atoms in total. The van der Waals surface area contributed by atoms with Gasteiger partial charge in [0.2, 0.25) is 11.8 Å². The number of rotatable bonds is 16. The first-order valence-electron chi connectivity index (χ1n) is 11.2. The summed E-state index contributed by atoms with van der Waals surface area (Å²) < 4.78 is 12.2. The zero-order valence-electron chi connectivity index (χ0n) is 20.2. The largest absolute Gasteiger partial charge is 0.497 e. The molecule has 0 aliphatic rings. The van der Waals surface area contributed by atoms with Gasteiger partial charge in [0.1, 0.15) is 11.5 Å². The van der Waals surface area contributed by atoms with E-state index in [1.54, 1.807) is 30.3 Å². The summed E-state index contributed by atoms with van der Waals surface area (Å²) in [5.41, 5.74) is 7.70. The van der Waals surface area contributed by atoms with Crippen molar-refractivity contribution >= 4 is 35.5 Å². The minimum absolute atomic E-state index is 0.0330. The van der Waals surface area contributed by atoms with Crippen LogP contribution in [0.5, 0.6) is 11.5 Å². The maximum atomic E-state index is 13.0. The van der Waals surface area contributed by atoms with E-state index < -0.39 is 0 Å². The van der Waals surface area contributed by atoms with Gasteiger partial charge in [0.15, 0.2) is 0 Å². The van der Waals surface area contributed by atoms with Crippen LogP contribution < -0.4 is 15.2 Å². The van der Waals surface area contributed by atoms with E-state index in [0.717, 1.165) is 28.6 Å². The van der Waals surface area contributed by atoms with E-state index in [-0.39, 0.29) is 24.8 Å². The standard InChI is InChI=1S/C25H35N3O4S2/c1-4-28(34-19-21-7-11-23(32-3)12-8-21)25(30)17-27(14-13-24(26)29)15-16-33-18-20-5-9-22(31-2)10-6-20/h5-12H,4,13-19H2,1-3H3,(H2,26,29). The van der Waals surface area contributed by atoms with Crippen LogP contribution in [0.3, 0.4) is 0 Å². The van der Waals surface area contributed by atoms with Gasteiger partial charge in [-0.05, 0) is 54.3 Å². The molecule has 2 N–H and O–H groups in total. The van der Waals surface area contributed by atoms with Crippen molar-refractivity contribution < 1.29 is 19.1 Å². The second kappa shape index (κ2) is 15.5. The lowest BCUT2D eigenvalue weighted by molar-refractivity contribution is -0.127. The molecule has 0 spiro atoms. The number of benzene rings is 2. The maximum Gasteiger partial charge on any atom is 0.246 e. The molecule has 0 radical (unpaired) electrons. The van der Waals surface area contributed by atoms with E-state index >= 15 is 0 Å². The number of hydrogen-bond acceptors (Lipinski definition) is 7. The molecule has 0 unspecified atom stereocenters. The number of likely N-dealkylation sites (N-methyl/N-ethyl adjacent to an activating group) is 1. The van der Waals surface area contributed by atoms with Crippen LogP contribution in [0.1, 0.15) is 24.5 Å². The zero-order valence-corrected chi connectivity index (χ0v) is 21.8. The van der Waals surface area contributed by atoms with Gasteiger partial charge in [0.05, 0.1) is 20.8 Å². The molecule has 0 fully saturated rings. The normalized spacial score (nSPS) is 10.8. The van der Waals surface area contributed by atoms with Crippen LogP contribution in [0.15, 0.2) is 48.5 Å². The van der Waals surface area contributed by atoms with Crippen molar-refractivity contribution in [1.29, 1.82) is 0 Å². The van der Waals surface area contributed by atoms with Crippen LogP contribution >= 0.6 is 23.7 Å². The van der Waals surface area contributed by atoms with Gasteiger partial charge in [-0.25, -0.2) is 0 Å². The van der Waals surface area contributed by atoms with E-state index in [2.05, 4.69) is 12.1 Å². The van der Waals surface area contributed by atoms with Gasteiger partial charge in [-0.15, -0.1) is 0 Å². The van der Waals surface area contributed by atoms with Crippen LogP contribution in [-0.2, 0) is 21.1 Å². The van der Waals surface area contributed by atoms with Gasteiger partial charge in [0, 0.05) is 43.3 Å². The number of amides is 2. The highest BCUT2D eigenvalue weighted by molar-refractivity contribution is 7.98. The number of nitrogens with zero attached hydrogens (tertiary/aromatic N) is 2. The predicted octanol–water partition coefficient (Wildman–Crippen LogP) is 3.81. The molecule has 2 rings (SSSR count). The Bertz CT molecular complexity index is 879. The molecular formula is C25H35N3O4S2. The average molecular weight is 506 g/mol. The second-order valence-corrected chi connectivity index (χ2v) is 9.70. The Morgan fingerprint density at radius 1 is 0.882 bits per heavy atom. The predicted molar refractivity (Wildman–Crippen MR) is 141 cm³/mol. The zero-order chi connectivity index (χ0) is 24.8. The molecule has 0 saturated heterocycles. The van der Waals surface area contributed by atoms with Crippen LogP contribution in [-0.4, -0.2) is 67.2 Å². The number of methoxy groups -OCH3 is 2. The Balaban J connectivity index is 1.84. The third kappa shape index (κ3) is 10.3. The summed E-state index contributed by atoms with van der Waals surface area (Å²) in [7, 11) is 3.30. The first-order chi connectivity index (χ1) is 16.4. The summed E-state index contributed by atoms with van der Waals surface area (Å²) in [6.07, 6.45) is 0.238. The topological polar surface area (TPSA) is 85.1 Å². The highest BCUT2D eigenvalue weighted by atomic mass is 32.2. The SMILES string of the molecule is CCN(SCc1ccc(OC)cc1)C(=O)CN(CCSCc1ccc(OC)cc1)CCC(N)=O. The van der Waals surface area contributed by atoms with Crippen molar-refractivity contribution in [3.63, 3.8) is 0 Å². The Hall–Kier alpha value is -2.36. The molecule has 34 heavy (non-hydrogen) atoms. The number of ether oxygens (including phenoxy) is 2. The number of primary amides is 1. The molecule has 2 aromatic rings. The lowest BCUT2D eigenvalue weighted by Crippen LogP contribution is -2.39. The van der Waals surface area contributed by atoms with E-state index in [1.807, 2.05) is 48.2 Å². The first kappa shape index (κ1) is 27.9. The Kier molecular flexibility index (Phi) is 12.7. The first-order valence-corrected chi connectivity index (χ1v) is 13.3. The fourth-order valence-electron chi connectivity index (χ4n) is 3.13. The Morgan fingerprint density at radius 3 is 1.94 bits per heavy atom. The van der Waals surface area contributed by atoms with E-state index in [1.165, 1.54) is 17.5 Å². The summed E-state index contributed by atoms with van der Waals surface area (Å²) in [6, 6.07) is 15.9. The monoisotopic (exact) mass is 505 g/mol. The highest BCUT2D eigenvalue weighted by Gasteiger charge is 2.17. The number of hydrogen-bond donors (Lipinski definition) is 1. The number of thioether (sulfide) groups is 1. The van der Waals surface area contributed by atoms with Crippen molar-refractivity contribution in [1.82, 2.24) is 9.21 Å². The number of nitrogens with two attached hydrogens (primary N) is 1. The van der Waals surface area contributed by atoms with Gasteiger partial charge in [0.25, 0.3) is 0 Å². The molecule has 0 aliphatic carbocycles. The van der Waals surface area contributed by atoms with Gasteiger partial charge < -0.3 is 15.2 Å². The van der Waals surface area contributed by atoms with Gasteiger partial charge >= 0.3 is 0 Å². The van der Waals surface area contributed by atoms with Crippen LogP contribution in [0.2, 0.25) is 0 Å². The van der Waals surface area contributed by atoms with Gasteiger partial charge in [-0.2, -0.15) is 11.8 Å². The quantitative estimate of drug-likeness (QED) is 0.274. The van der Waals surface area contributed by atoms with Crippen molar-refractivity contribution in [3.05, 3.63) is 59.7 Å². The molecule has 9 heteroatoms. The third-order valence-corrected chi connectivity index (χ3v) is 7.37. The molecular weight excluding hydrogens is 470 g/mol. The summed E-state index contributed by atoms with van der Waals surface area (Å²) in [5.74, 6) is 3.75. The summed E-state index contributed by atoms with van der Waals surface area (Å²) in [6.45, 7) is 4.03. The van der Waals surface area contributed by atoms with Crippen molar-refractivity contribution in [2.45, 2.75) is 24.9 Å². The van der Waals surface area contributed by atoms with E-state index in [9.17, 15) is 9.59 Å². The molecule has 0 heterocycles. The Morgan fingerprint density at radius 2 is 1.44 bits per heavy atom. The fraction of sp³-hybridized carbons (Fsp3) is 0.440. The molecule has 0 aliphatic heterocycles. The van der Waals surface area contributed by atoms with Crippen LogP contribution in [0.25, 0.3) is 0 Å². The summed E-state index contributed by atoms with van der Waals surface area (Å²) in [4.78, 5) is 26.3. The maximum absolute atomic E-state index is 13.0. The lowest BCUT2D eigenvalue weighted by Gasteiger charge is -2.25. The van der Waals surface area contributed by atoms with Crippen LogP contribution in [0.4, 0.5) is 0 Å². The molecule has 0 saturated carbocycles. The number of carbonyl (C=O) groups excluding carboxylic acids is 2. The fourth-order valence-corrected chi connectivity index (χ4v) is 4.97. The molecule has 2 amide bonds. The average Bonchev–Trinajstić information content (AvgIpc) is 2.86. The van der Waals surface area contributed by atoms with Gasteiger partial charge in [-0.3, -0.25) is 18.8 Å². The summed E-state index contributed by atoms with van der Waals surface area (Å²) >= 11 is 3.30. The summed E-state index contributed by atoms with van der Waals surface area (Å²) in [5, 5.41) is 0. The minimum Gasteiger partial charge on any atom is -0.497 e. The highest BCUT2D eigenvalue weighted by Crippen LogP contribution is 2.20. The van der Waals surface area contributed by atoms with Crippen molar-refractivity contribution in [2.24, 2.45) is 5.73 Å². The van der Waals surface area contributed by atoms with Crippen molar-refractivity contribution in [3.8, 4) is 11.5 Å². The third-order valence-electron chi connectivity index (χ3n) is 5.12.